The highest BCUT2D eigenvalue weighted by molar-refractivity contribution is 6.31. The normalized spacial score (nSPS) is 11.1. The summed E-state index contributed by atoms with van der Waals surface area (Å²) < 4.78 is 19.3. The second kappa shape index (κ2) is 6.44. The molecule has 0 aliphatic heterocycles. The van der Waals surface area contributed by atoms with Crippen LogP contribution in [0.2, 0.25) is 5.02 Å². The third-order valence-corrected chi connectivity index (χ3v) is 3.69. The lowest BCUT2D eigenvalue weighted by Gasteiger charge is -2.11. The predicted octanol–water partition coefficient (Wildman–Crippen LogP) is 3.02. The van der Waals surface area contributed by atoms with Crippen LogP contribution in [0.1, 0.15) is 11.1 Å². The number of rotatable bonds is 5. The smallest absolute Gasteiger partial charge is 0.164 e. The summed E-state index contributed by atoms with van der Waals surface area (Å²) in [6, 6.07) is 4.29. The molecule has 0 unspecified atom stereocenters. The Labute approximate surface area is 136 Å². The molecule has 3 N–H and O–H groups in total. The summed E-state index contributed by atoms with van der Waals surface area (Å²) >= 11 is 5.95. The summed E-state index contributed by atoms with van der Waals surface area (Å²) in [6.07, 6.45) is 3.37. The standard InChI is InChI=1S/C16H14ClFN2O3/c17-10-6-11-9(7-19-16(11)20-8-10)5-12-13(18)1-2-14(15(12)22)23-4-3-21/h1-2,6-8,21-22H,3-5H2,(H,19,20). The Morgan fingerprint density at radius 1 is 1.35 bits per heavy atom. The van der Waals surface area contributed by atoms with Crippen LogP contribution in [-0.2, 0) is 6.42 Å². The third-order valence-electron chi connectivity index (χ3n) is 3.49. The highest BCUT2D eigenvalue weighted by Gasteiger charge is 2.16. The first-order valence-electron chi connectivity index (χ1n) is 6.95. The molecule has 1 aromatic carbocycles. The maximum Gasteiger partial charge on any atom is 0.164 e. The molecule has 0 bridgehead atoms. The number of aliphatic hydroxyl groups excluding tert-OH is 1. The Morgan fingerprint density at radius 3 is 2.96 bits per heavy atom. The number of hydrogen-bond acceptors (Lipinski definition) is 4. The first-order chi connectivity index (χ1) is 11.1. The number of hydrogen-bond donors (Lipinski definition) is 3. The molecule has 0 atom stereocenters. The van der Waals surface area contributed by atoms with Gasteiger partial charge in [0.2, 0.25) is 0 Å². The molecule has 0 radical (unpaired) electrons. The zero-order valence-corrected chi connectivity index (χ0v) is 12.8. The molecule has 7 heteroatoms. The van der Waals surface area contributed by atoms with Gasteiger partial charge in [-0.2, -0.15) is 0 Å². The molecule has 3 aromatic rings. The minimum atomic E-state index is -0.539. The first-order valence-corrected chi connectivity index (χ1v) is 7.33. The number of benzene rings is 1. The minimum absolute atomic E-state index is 0.0191. The van der Waals surface area contributed by atoms with Crippen LogP contribution in [0.15, 0.2) is 30.6 Å². The molecule has 2 heterocycles. The van der Waals surface area contributed by atoms with Crippen LogP contribution in [0, 0.1) is 5.82 Å². The quantitative estimate of drug-likeness (QED) is 0.669. The number of ether oxygens (including phenoxy) is 1. The Kier molecular flexibility index (Phi) is 4.36. The summed E-state index contributed by atoms with van der Waals surface area (Å²) in [5.41, 5.74) is 1.50. The number of halogens is 2. The van der Waals surface area contributed by atoms with Crippen molar-refractivity contribution in [3.8, 4) is 11.5 Å². The number of aliphatic hydroxyl groups is 1. The number of aromatic hydroxyl groups is 1. The largest absolute Gasteiger partial charge is 0.504 e. The summed E-state index contributed by atoms with van der Waals surface area (Å²) in [7, 11) is 0. The van der Waals surface area contributed by atoms with Crippen molar-refractivity contribution < 1.29 is 19.3 Å². The lowest BCUT2D eigenvalue weighted by atomic mass is 10.0. The van der Waals surface area contributed by atoms with Crippen LogP contribution in [0.25, 0.3) is 11.0 Å². The van der Waals surface area contributed by atoms with Gasteiger partial charge in [-0.25, -0.2) is 9.37 Å². The molecule has 23 heavy (non-hydrogen) atoms. The number of phenolic OH excluding ortho intramolecular Hbond substituents is 1. The van der Waals surface area contributed by atoms with Gasteiger partial charge in [0.1, 0.15) is 18.1 Å². The second-order valence-electron chi connectivity index (χ2n) is 4.99. The number of H-pyrrole nitrogens is 1. The van der Waals surface area contributed by atoms with Crippen LogP contribution in [0.3, 0.4) is 0 Å². The van der Waals surface area contributed by atoms with E-state index >= 15 is 0 Å². The lowest BCUT2D eigenvalue weighted by molar-refractivity contribution is 0.196. The molecule has 0 fully saturated rings. The number of phenols is 1. The molecule has 0 spiro atoms. The average Bonchev–Trinajstić information content (AvgIpc) is 2.93. The summed E-state index contributed by atoms with van der Waals surface area (Å²) in [6.45, 7) is -0.177. The van der Waals surface area contributed by atoms with Gasteiger partial charge in [-0.1, -0.05) is 11.6 Å². The van der Waals surface area contributed by atoms with E-state index in [-0.39, 0.29) is 36.7 Å². The van der Waals surface area contributed by atoms with Crippen LogP contribution < -0.4 is 4.74 Å². The van der Waals surface area contributed by atoms with Crippen LogP contribution in [-0.4, -0.2) is 33.4 Å². The van der Waals surface area contributed by atoms with Gasteiger partial charge in [0, 0.05) is 29.8 Å². The van der Waals surface area contributed by atoms with Crippen molar-refractivity contribution in [1.29, 1.82) is 0 Å². The van der Waals surface area contributed by atoms with Crippen molar-refractivity contribution >= 4 is 22.6 Å². The van der Waals surface area contributed by atoms with Gasteiger partial charge in [0.05, 0.1) is 11.6 Å². The molecule has 0 saturated carbocycles. The Hall–Kier alpha value is -2.31. The maximum absolute atomic E-state index is 14.1. The summed E-state index contributed by atoms with van der Waals surface area (Å²) in [4.78, 5) is 7.14. The van der Waals surface area contributed by atoms with Crippen LogP contribution in [0.4, 0.5) is 4.39 Å². The molecular weight excluding hydrogens is 323 g/mol. The van der Waals surface area contributed by atoms with Crippen molar-refractivity contribution in [1.82, 2.24) is 9.97 Å². The van der Waals surface area contributed by atoms with E-state index in [4.69, 9.17) is 21.4 Å². The Bertz CT molecular complexity index is 851. The van der Waals surface area contributed by atoms with Gasteiger partial charge < -0.3 is 19.9 Å². The van der Waals surface area contributed by atoms with Crippen LogP contribution in [0.5, 0.6) is 11.5 Å². The van der Waals surface area contributed by atoms with E-state index in [1.807, 2.05) is 0 Å². The van der Waals surface area contributed by atoms with Crippen molar-refractivity contribution in [2.75, 3.05) is 13.2 Å². The van der Waals surface area contributed by atoms with Crippen molar-refractivity contribution in [2.45, 2.75) is 6.42 Å². The number of nitrogens with zero attached hydrogens (tertiary/aromatic N) is 1. The monoisotopic (exact) mass is 336 g/mol. The molecule has 3 rings (SSSR count). The van der Waals surface area contributed by atoms with Gasteiger partial charge in [0.25, 0.3) is 0 Å². The van der Waals surface area contributed by atoms with Gasteiger partial charge >= 0.3 is 0 Å². The molecule has 5 nitrogen and oxygen atoms in total. The fourth-order valence-electron chi connectivity index (χ4n) is 2.40. The zero-order chi connectivity index (χ0) is 16.4. The second-order valence-corrected chi connectivity index (χ2v) is 5.42. The maximum atomic E-state index is 14.1. The lowest BCUT2D eigenvalue weighted by Crippen LogP contribution is -2.03. The molecular formula is C16H14ClFN2O3. The number of aromatic nitrogens is 2. The Balaban J connectivity index is 1.99. The first kappa shape index (κ1) is 15.6. The molecule has 0 amide bonds. The summed E-state index contributed by atoms with van der Waals surface area (Å²) in [5, 5.41) is 20.3. The molecule has 0 aliphatic carbocycles. The SMILES string of the molecule is OCCOc1ccc(F)c(Cc2c[nH]c3ncc(Cl)cc23)c1O. The van der Waals surface area contributed by atoms with E-state index in [2.05, 4.69) is 9.97 Å². The minimum Gasteiger partial charge on any atom is -0.504 e. The average molecular weight is 337 g/mol. The van der Waals surface area contributed by atoms with Gasteiger partial charge in [-0.15, -0.1) is 0 Å². The highest BCUT2D eigenvalue weighted by Crippen LogP contribution is 2.34. The van der Waals surface area contributed by atoms with Gasteiger partial charge in [0.15, 0.2) is 11.5 Å². The van der Waals surface area contributed by atoms with E-state index in [1.165, 1.54) is 18.3 Å². The van der Waals surface area contributed by atoms with Crippen LogP contribution >= 0.6 is 11.6 Å². The molecule has 0 aliphatic rings. The predicted molar refractivity (Wildman–Crippen MR) is 84.6 cm³/mol. The summed E-state index contributed by atoms with van der Waals surface area (Å²) in [5.74, 6) is -0.683. The third kappa shape index (κ3) is 3.09. The van der Waals surface area contributed by atoms with Gasteiger partial charge in [-0.3, -0.25) is 0 Å². The van der Waals surface area contributed by atoms with E-state index < -0.39 is 5.82 Å². The number of fused-ring (bicyclic) bond motifs is 1. The fourth-order valence-corrected chi connectivity index (χ4v) is 2.56. The zero-order valence-electron chi connectivity index (χ0n) is 12.0. The fraction of sp³-hybridized carbons (Fsp3) is 0.188. The van der Waals surface area contributed by atoms with E-state index in [0.717, 1.165) is 10.9 Å². The molecule has 120 valence electrons. The number of nitrogens with one attached hydrogen (secondary N) is 1. The van der Waals surface area contributed by atoms with Crippen molar-refractivity contribution in [3.05, 3.63) is 52.6 Å². The number of aromatic amines is 1. The van der Waals surface area contributed by atoms with Crippen molar-refractivity contribution in [2.24, 2.45) is 0 Å². The van der Waals surface area contributed by atoms with E-state index in [0.29, 0.717) is 10.7 Å². The topological polar surface area (TPSA) is 78.4 Å². The number of pyridine rings is 1. The van der Waals surface area contributed by atoms with Gasteiger partial charge in [-0.05, 0) is 23.8 Å². The highest BCUT2D eigenvalue weighted by atomic mass is 35.5. The van der Waals surface area contributed by atoms with Crippen molar-refractivity contribution in [3.63, 3.8) is 0 Å². The molecule has 2 aromatic heterocycles. The van der Waals surface area contributed by atoms with E-state index in [9.17, 15) is 9.50 Å². The van der Waals surface area contributed by atoms with E-state index in [1.54, 1.807) is 12.3 Å². The Morgan fingerprint density at radius 2 is 2.17 bits per heavy atom. The molecule has 0 saturated heterocycles.